The van der Waals surface area contributed by atoms with Crippen molar-refractivity contribution in [1.82, 2.24) is 9.97 Å². The average molecular weight is 327 g/mol. The van der Waals surface area contributed by atoms with Crippen molar-refractivity contribution < 1.29 is 14.3 Å². The molecule has 0 radical (unpaired) electrons. The van der Waals surface area contributed by atoms with E-state index >= 15 is 0 Å². The molecule has 1 N–H and O–H groups in total. The molecule has 2 aromatic heterocycles. The van der Waals surface area contributed by atoms with E-state index in [9.17, 15) is 9.59 Å². The third-order valence-corrected chi connectivity index (χ3v) is 3.86. The molecule has 3 aromatic rings. The lowest BCUT2D eigenvalue weighted by molar-refractivity contribution is 0.0520. The quantitative estimate of drug-likeness (QED) is 0.745. The number of fused-ring (bicyclic) bond motifs is 1. The average Bonchev–Trinajstić information content (AvgIpc) is 3.03. The third kappa shape index (κ3) is 3.19. The summed E-state index contributed by atoms with van der Waals surface area (Å²) in [5.41, 5.74) is 1.43. The maximum Gasteiger partial charge on any atom is 0.357 e. The number of aromatic nitrogens is 2. The molecule has 1 aromatic carbocycles. The summed E-state index contributed by atoms with van der Waals surface area (Å²) in [6, 6.07) is 9.04. The molecule has 0 saturated carbocycles. The van der Waals surface area contributed by atoms with E-state index < -0.39 is 5.97 Å². The van der Waals surface area contributed by atoms with E-state index in [4.69, 9.17) is 4.74 Å². The second kappa shape index (κ2) is 6.53. The first-order valence-electron chi connectivity index (χ1n) is 6.97. The molecule has 0 spiro atoms. The van der Waals surface area contributed by atoms with Gasteiger partial charge in [-0.1, -0.05) is 18.2 Å². The van der Waals surface area contributed by atoms with Crippen molar-refractivity contribution in [3.8, 4) is 0 Å². The van der Waals surface area contributed by atoms with Crippen molar-refractivity contribution in [3.05, 3.63) is 53.2 Å². The number of rotatable bonds is 4. The number of nitrogens with zero attached hydrogens (tertiary/aromatic N) is 2. The zero-order valence-corrected chi connectivity index (χ0v) is 13.1. The topological polar surface area (TPSA) is 81.2 Å². The summed E-state index contributed by atoms with van der Waals surface area (Å²) in [5, 5.41) is 5.36. The number of anilines is 1. The van der Waals surface area contributed by atoms with Gasteiger partial charge in [-0.25, -0.2) is 9.78 Å². The molecule has 23 heavy (non-hydrogen) atoms. The summed E-state index contributed by atoms with van der Waals surface area (Å²) in [4.78, 5) is 32.3. The number of para-hydroxylation sites is 1. The minimum absolute atomic E-state index is 0.187. The molecule has 0 aliphatic heterocycles. The van der Waals surface area contributed by atoms with Crippen molar-refractivity contribution in [1.29, 1.82) is 0 Å². The summed E-state index contributed by atoms with van der Waals surface area (Å²) in [6.45, 7) is 2.00. The van der Waals surface area contributed by atoms with Crippen LogP contribution in [0, 0.1) is 0 Å². The van der Waals surface area contributed by atoms with E-state index in [1.807, 2.05) is 24.3 Å². The van der Waals surface area contributed by atoms with Crippen LogP contribution in [0.25, 0.3) is 10.9 Å². The minimum atomic E-state index is -0.501. The van der Waals surface area contributed by atoms with Gasteiger partial charge in [0.1, 0.15) is 0 Å². The fraction of sp³-hybridized carbons (Fsp3) is 0.125. The molecule has 0 aliphatic carbocycles. The fourth-order valence-electron chi connectivity index (χ4n) is 2.09. The van der Waals surface area contributed by atoms with Crippen molar-refractivity contribution in [3.63, 3.8) is 0 Å². The Bertz CT molecular complexity index is 870. The van der Waals surface area contributed by atoms with Crippen LogP contribution in [-0.4, -0.2) is 28.5 Å². The highest BCUT2D eigenvalue weighted by molar-refractivity contribution is 7.14. The van der Waals surface area contributed by atoms with E-state index in [1.54, 1.807) is 24.6 Å². The number of carbonyl (C=O) groups excluding carboxylic acids is 2. The second-order valence-electron chi connectivity index (χ2n) is 4.59. The smallest absolute Gasteiger partial charge is 0.357 e. The molecular weight excluding hydrogens is 314 g/mol. The predicted octanol–water partition coefficient (Wildman–Crippen LogP) is 3.12. The summed E-state index contributed by atoms with van der Waals surface area (Å²) in [5.74, 6) is -0.799. The number of thiazole rings is 1. The van der Waals surface area contributed by atoms with Crippen LogP contribution in [0.2, 0.25) is 0 Å². The van der Waals surface area contributed by atoms with Crippen LogP contribution in [0.5, 0.6) is 0 Å². The number of benzene rings is 1. The van der Waals surface area contributed by atoms with Gasteiger partial charge in [0.2, 0.25) is 0 Å². The summed E-state index contributed by atoms with van der Waals surface area (Å²) in [7, 11) is 0. The van der Waals surface area contributed by atoms with Crippen molar-refractivity contribution in [2.75, 3.05) is 11.9 Å². The molecular formula is C16H13N3O3S. The van der Waals surface area contributed by atoms with Crippen molar-refractivity contribution in [2.45, 2.75) is 6.92 Å². The van der Waals surface area contributed by atoms with Gasteiger partial charge in [-0.2, -0.15) is 0 Å². The molecule has 0 saturated heterocycles. The van der Waals surface area contributed by atoms with Gasteiger partial charge in [0.15, 0.2) is 10.8 Å². The summed E-state index contributed by atoms with van der Waals surface area (Å²) < 4.78 is 4.87. The lowest BCUT2D eigenvalue weighted by Gasteiger charge is -2.05. The van der Waals surface area contributed by atoms with Crippen LogP contribution in [0.4, 0.5) is 5.13 Å². The number of nitrogens with one attached hydrogen (secondary N) is 1. The van der Waals surface area contributed by atoms with Gasteiger partial charge in [0.25, 0.3) is 5.91 Å². The zero-order chi connectivity index (χ0) is 16.2. The Labute approximate surface area is 136 Å². The number of hydrogen-bond donors (Lipinski definition) is 1. The van der Waals surface area contributed by atoms with Crippen molar-refractivity contribution in [2.24, 2.45) is 0 Å². The molecule has 7 heteroatoms. The third-order valence-electron chi connectivity index (χ3n) is 3.10. The van der Waals surface area contributed by atoms with Crippen LogP contribution in [0.3, 0.4) is 0 Å². The first-order valence-corrected chi connectivity index (χ1v) is 7.84. The van der Waals surface area contributed by atoms with Gasteiger partial charge in [0, 0.05) is 17.0 Å². The van der Waals surface area contributed by atoms with Crippen LogP contribution in [0.1, 0.15) is 27.8 Å². The standard InChI is InChI=1S/C16H13N3O3S/c1-2-22-15(21)13-9-23-16(18-13)19-14(20)11-7-8-17-12-6-4-3-5-10(11)12/h3-9H,2H2,1H3,(H,18,19,20). The molecule has 1 amide bonds. The van der Waals surface area contributed by atoms with E-state index in [0.717, 1.165) is 10.9 Å². The van der Waals surface area contributed by atoms with Gasteiger partial charge in [-0.3, -0.25) is 15.1 Å². The van der Waals surface area contributed by atoms with Gasteiger partial charge < -0.3 is 4.74 Å². The second-order valence-corrected chi connectivity index (χ2v) is 5.45. The van der Waals surface area contributed by atoms with E-state index in [-0.39, 0.29) is 18.2 Å². The summed E-state index contributed by atoms with van der Waals surface area (Å²) in [6.07, 6.45) is 1.59. The number of hydrogen-bond acceptors (Lipinski definition) is 6. The van der Waals surface area contributed by atoms with Crippen molar-refractivity contribution >= 4 is 39.2 Å². The number of pyridine rings is 1. The molecule has 6 nitrogen and oxygen atoms in total. The molecule has 0 unspecified atom stereocenters. The molecule has 3 rings (SSSR count). The highest BCUT2D eigenvalue weighted by atomic mass is 32.1. The predicted molar refractivity (Wildman–Crippen MR) is 87.8 cm³/mol. The maximum atomic E-state index is 12.4. The Morgan fingerprint density at radius 1 is 1.26 bits per heavy atom. The molecule has 0 aliphatic rings. The number of esters is 1. The monoisotopic (exact) mass is 327 g/mol. The Balaban J connectivity index is 1.83. The number of ether oxygens (including phenoxy) is 1. The Kier molecular flexibility index (Phi) is 4.29. The largest absolute Gasteiger partial charge is 0.461 e. The van der Waals surface area contributed by atoms with E-state index in [2.05, 4.69) is 15.3 Å². The van der Waals surface area contributed by atoms with Gasteiger partial charge in [-0.05, 0) is 19.1 Å². The van der Waals surface area contributed by atoms with Crippen LogP contribution < -0.4 is 5.32 Å². The fourth-order valence-corrected chi connectivity index (χ4v) is 2.76. The highest BCUT2D eigenvalue weighted by Gasteiger charge is 2.15. The molecule has 0 bridgehead atoms. The lowest BCUT2D eigenvalue weighted by Crippen LogP contribution is -2.13. The van der Waals surface area contributed by atoms with Crippen LogP contribution in [-0.2, 0) is 4.74 Å². The Morgan fingerprint density at radius 3 is 2.91 bits per heavy atom. The van der Waals surface area contributed by atoms with Gasteiger partial charge >= 0.3 is 5.97 Å². The first-order chi connectivity index (χ1) is 11.2. The van der Waals surface area contributed by atoms with Gasteiger partial charge in [0.05, 0.1) is 17.7 Å². The normalized spacial score (nSPS) is 10.5. The van der Waals surface area contributed by atoms with Crippen LogP contribution >= 0.6 is 11.3 Å². The Morgan fingerprint density at radius 2 is 2.09 bits per heavy atom. The molecule has 2 heterocycles. The molecule has 0 fully saturated rings. The summed E-state index contributed by atoms with van der Waals surface area (Å²) >= 11 is 1.17. The van der Waals surface area contributed by atoms with Gasteiger partial charge in [-0.15, -0.1) is 11.3 Å². The first kappa shape index (κ1) is 15.1. The van der Waals surface area contributed by atoms with Crippen LogP contribution in [0.15, 0.2) is 41.9 Å². The molecule has 0 atom stereocenters. The maximum absolute atomic E-state index is 12.4. The highest BCUT2D eigenvalue weighted by Crippen LogP contribution is 2.20. The Hall–Kier alpha value is -2.80. The molecule has 116 valence electrons. The zero-order valence-electron chi connectivity index (χ0n) is 12.3. The minimum Gasteiger partial charge on any atom is -0.461 e. The van der Waals surface area contributed by atoms with E-state index in [0.29, 0.717) is 10.7 Å². The SMILES string of the molecule is CCOC(=O)c1csc(NC(=O)c2ccnc3ccccc23)n1. The lowest BCUT2D eigenvalue weighted by atomic mass is 10.1. The number of carbonyl (C=O) groups is 2. The number of amides is 1. The van der Waals surface area contributed by atoms with E-state index in [1.165, 1.54) is 11.3 Å².